The van der Waals surface area contributed by atoms with Crippen LogP contribution in [0.25, 0.3) is 0 Å². The van der Waals surface area contributed by atoms with Gasteiger partial charge in [0.2, 0.25) is 0 Å². The molecule has 1 aromatic heterocycles. The molecular weight excluding hydrogens is 314 g/mol. The zero-order valence-electron chi connectivity index (χ0n) is 15.1. The second-order valence-electron chi connectivity index (χ2n) is 6.83. The summed E-state index contributed by atoms with van der Waals surface area (Å²) in [6.45, 7) is 9.13. The first-order valence-corrected chi connectivity index (χ1v) is 8.91. The minimum absolute atomic E-state index is 0.0230. The Bertz CT molecular complexity index is 677. The van der Waals surface area contributed by atoms with Gasteiger partial charge in [-0.1, -0.05) is 29.8 Å². The van der Waals surface area contributed by atoms with Crippen molar-refractivity contribution in [3.05, 3.63) is 53.9 Å². The van der Waals surface area contributed by atoms with Crippen LogP contribution in [-0.4, -0.2) is 57.8 Å². The third-order valence-corrected chi connectivity index (χ3v) is 4.54. The van der Waals surface area contributed by atoms with E-state index in [0.717, 1.165) is 32.7 Å². The number of piperazine rings is 1. The van der Waals surface area contributed by atoms with E-state index in [2.05, 4.69) is 46.5 Å². The van der Waals surface area contributed by atoms with E-state index in [1.807, 2.05) is 28.8 Å². The molecule has 1 fully saturated rings. The van der Waals surface area contributed by atoms with Crippen LogP contribution < -0.4 is 5.32 Å². The molecule has 0 spiro atoms. The molecular formula is C19H27N5O. The number of carbonyl (C=O) groups is 1. The topological polar surface area (TPSA) is 53.4 Å². The van der Waals surface area contributed by atoms with Gasteiger partial charge in [-0.3, -0.25) is 9.58 Å². The molecule has 0 radical (unpaired) electrons. The van der Waals surface area contributed by atoms with Gasteiger partial charge in [0.15, 0.2) is 0 Å². The molecule has 3 rings (SSSR count). The van der Waals surface area contributed by atoms with Gasteiger partial charge in [0.25, 0.3) is 0 Å². The number of amides is 2. The molecule has 6 heteroatoms. The van der Waals surface area contributed by atoms with E-state index in [-0.39, 0.29) is 12.1 Å². The average Bonchev–Trinajstić information content (AvgIpc) is 3.08. The maximum Gasteiger partial charge on any atom is 0.317 e. The van der Waals surface area contributed by atoms with Gasteiger partial charge < -0.3 is 10.2 Å². The predicted molar refractivity (Wildman–Crippen MR) is 98.2 cm³/mol. The standard InChI is InChI=1S/C19H27N5O/c1-16-5-3-6-18(13-16)15-22-9-11-23(12-10-22)19(25)21-17(2)14-24-8-4-7-20-24/h3-8,13,17H,9-12,14-15H2,1-2H3,(H,21,25). The smallest absolute Gasteiger partial charge is 0.317 e. The molecule has 134 valence electrons. The van der Waals surface area contributed by atoms with E-state index in [4.69, 9.17) is 0 Å². The summed E-state index contributed by atoms with van der Waals surface area (Å²) in [6, 6.07) is 10.6. The minimum Gasteiger partial charge on any atom is -0.334 e. The van der Waals surface area contributed by atoms with Crippen molar-refractivity contribution in [2.75, 3.05) is 26.2 Å². The summed E-state index contributed by atoms with van der Waals surface area (Å²) in [5.41, 5.74) is 2.63. The molecule has 0 bridgehead atoms. The van der Waals surface area contributed by atoms with Crippen LogP contribution >= 0.6 is 0 Å². The quantitative estimate of drug-likeness (QED) is 0.906. The summed E-state index contributed by atoms with van der Waals surface area (Å²) in [5, 5.41) is 7.24. The van der Waals surface area contributed by atoms with Crippen LogP contribution in [0, 0.1) is 6.92 Å². The normalized spacial score (nSPS) is 16.6. The monoisotopic (exact) mass is 341 g/mol. The van der Waals surface area contributed by atoms with Gasteiger partial charge in [-0.2, -0.15) is 5.10 Å². The second kappa shape index (κ2) is 8.16. The fourth-order valence-corrected chi connectivity index (χ4v) is 3.21. The number of aromatic nitrogens is 2. The number of nitrogens with zero attached hydrogens (tertiary/aromatic N) is 4. The Hall–Kier alpha value is -2.34. The highest BCUT2D eigenvalue weighted by Crippen LogP contribution is 2.10. The highest BCUT2D eigenvalue weighted by molar-refractivity contribution is 5.74. The molecule has 25 heavy (non-hydrogen) atoms. The van der Waals surface area contributed by atoms with Crippen molar-refractivity contribution < 1.29 is 4.79 Å². The Morgan fingerprint density at radius 3 is 2.72 bits per heavy atom. The van der Waals surface area contributed by atoms with Crippen molar-refractivity contribution in [2.45, 2.75) is 33.0 Å². The van der Waals surface area contributed by atoms with Crippen LogP contribution in [0.3, 0.4) is 0 Å². The summed E-state index contributed by atoms with van der Waals surface area (Å²) >= 11 is 0. The number of carbonyl (C=O) groups excluding carboxylic acids is 1. The lowest BCUT2D eigenvalue weighted by molar-refractivity contribution is 0.133. The predicted octanol–water partition coefficient (Wildman–Crippen LogP) is 2.11. The molecule has 0 saturated carbocycles. The lowest BCUT2D eigenvalue weighted by atomic mass is 10.1. The van der Waals surface area contributed by atoms with Gasteiger partial charge >= 0.3 is 6.03 Å². The van der Waals surface area contributed by atoms with Gasteiger partial charge in [-0.25, -0.2) is 4.79 Å². The van der Waals surface area contributed by atoms with Gasteiger partial charge in [0, 0.05) is 51.2 Å². The average molecular weight is 341 g/mol. The molecule has 1 N–H and O–H groups in total. The Labute approximate surface area is 149 Å². The van der Waals surface area contributed by atoms with Gasteiger partial charge in [-0.05, 0) is 25.5 Å². The maximum atomic E-state index is 12.4. The number of hydrogen-bond donors (Lipinski definition) is 1. The molecule has 2 amide bonds. The Balaban J connectivity index is 1.42. The van der Waals surface area contributed by atoms with E-state index < -0.39 is 0 Å². The molecule has 1 saturated heterocycles. The fourth-order valence-electron chi connectivity index (χ4n) is 3.21. The lowest BCUT2D eigenvalue weighted by Crippen LogP contribution is -2.53. The summed E-state index contributed by atoms with van der Waals surface area (Å²) < 4.78 is 1.84. The first-order valence-electron chi connectivity index (χ1n) is 8.91. The van der Waals surface area contributed by atoms with Crippen LogP contribution in [0.1, 0.15) is 18.1 Å². The molecule has 2 heterocycles. The molecule has 2 aromatic rings. The van der Waals surface area contributed by atoms with Gasteiger partial charge in [0.05, 0.1) is 6.54 Å². The van der Waals surface area contributed by atoms with Crippen LogP contribution in [0.5, 0.6) is 0 Å². The fraction of sp³-hybridized carbons (Fsp3) is 0.474. The number of hydrogen-bond acceptors (Lipinski definition) is 3. The van der Waals surface area contributed by atoms with E-state index in [1.54, 1.807) is 6.20 Å². The Kier molecular flexibility index (Phi) is 5.71. The molecule has 6 nitrogen and oxygen atoms in total. The van der Waals surface area contributed by atoms with E-state index in [0.29, 0.717) is 6.54 Å². The third-order valence-electron chi connectivity index (χ3n) is 4.54. The first kappa shape index (κ1) is 17.5. The molecule has 1 aromatic carbocycles. The Morgan fingerprint density at radius 1 is 1.24 bits per heavy atom. The zero-order chi connectivity index (χ0) is 17.6. The number of urea groups is 1. The van der Waals surface area contributed by atoms with E-state index in [9.17, 15) is 4.79 Å². The largest absolute Gasteiger partial charge is 0.334 e. The van der Waals surface area contributed by atoms with Crippen molar-refractivity contribution in [3.63, 3.8) is 0 Å². The van der Waals surface area contributed by atoms with E-state index >= 15 is 0 Å². The maximum absolute atomic E-state index is 12.4. The van der Waals surface area contributed by atoms with Crippen molar-refractivity contribution in [3.8, 4) is 0 Å². The first-order chi connectivity index (χ1) is 12.1. The Morgan fingerprint density at radius 2 is 2.04 bits per heavy atom. The molecule has 1 atom stereocenters. The summed E-state index contributed by atoms with van der Waals surface area (Å²) in [5.74, 6) is 0. The number of rotatable bonds is 5. The van der Waals surface area contributed by atoms with Crippen molar-refractivity contribution >= 4 is 6.03 Å². The van der Waals surface area contributed by atoms with Gasteiger partial charge in [0.1, 0.15) is 0 Å². The van der Waals surface area contributed by atoms with Crippen molar-refractivity contribution in [2.24, 2.45) is 0 Å². The van der Waals surface area contributed by atoms with Crippen molar-refractivity contribution in [1.82, 2.24) is 24.9 Å². The lowest BCUT2D eigenvalue weighted by Gasteiger charge is -2.35. The zero-order valence-corrected chi connectivity index (χ0v) is 15.1. The highest BCUT2D eigenvalue weighted by atomic mass is 16.2. The molecule has 1 aliphatic rings. The summed E-state index contributed by atoms with van der Waals surface area (Å²) in [6.07, 6.45) is 3.66. The molecule has 0 aliphatic carbocycles. The van der Waals surface area contributed by atoms with Crippen LogP contribution in [0.2, 0.25) is 0 Å². The summed E-state index contributed by atoms with van der Waals surface area (Å²) in [7, 11) is 0. The van der Waals surface area contributed by atoms with E-state index in [1.165, 1.54) is 11.1 Å². The number of nitrogens with one attached hydrogen (secondary N) is 1. The number of aryl methyl sites for hydroxylation is 1. The SMILES string of the molecule is Cc1cccc(CN2CCN(C(=O)NC(C)Cn3cccn3)CC2)c1. The van der Waals surface area contributed by atoms with Crippen LogP contribution in [0.15, 0.2) is 42.7 Å². The van der Waals surface area contributed by atoms with Gasteiger partial charge in [-0.15, -0.1) is 0 Å². The highest BCUT2D eigenvalue weighted by Gasteiger charge is 2.22. The molecule has 1 aliphatic heterocycles. The van der Waals surface area contributed by atoms with Crippen LogP contribution in [0.4, 0.5) is 4.79 Å². The third kappa shape index (κ3) is 5.06. The molecule has 1 unspecified atom stereocenters. The van der Waals surface area contributed by atoms with Crippen molar-refractivity contribution in [1.29, 1.82) is 0 Å². The van der Waals surface area contributed by atoms with Crippen LogP contribution in [-0.2, 0) is 13.1 Å². The second-order valence-corrected chi connectivity index (χ2v) is 6.83. The number of benzene rings is 1. The summed E-state index contributed by atoms with van der Waals surface area (Å²) in [4.78, 5) is 16.7. The minimum atomic E-state index is 0.0230.